The minimum Gasteiger partial charge on any atom is -0.457 e. The summed E-state index contributed by atoms with van der Waals surface area (Å²) < 4.78 is 5.51. The summed E-state index contributed by atoms with van der Waals surface area (Å²) in [7, 11) is 0. The van der Waals surface area contributed by atoms with Crippen molar-refractivity contribution in [2.24, 2.45) is 0 Å². The van der Waals surface area contributed by atoms with Crippen LogP contribution in [0.5, 0.6) is 0 Å². The molecule has 1 rings (SSSR count). The van der Waals surface area contributed by atoms with Gasteiger partial charge in [-0.2, -0.15) is 0 Å². The molecule has 0 aliphatic carbocycles. The number of Topliss-reactive ketones (excluding diaryl/α,β-unsaturated/α-hetero) is 1. The lowest BCUT2D eigenvalue weighted by atomic mass is 9.85. The normalized spacial score (nSPS) is 25.7. The van der Waals surface area contributed by atoms with E-state index >= 15 is 0 Å². The van der Waals surface area contributed by atoms with E-state index in [4.69, 9.17) is 4.74 Å². The number of esters is 1. The molecule has 0 bridgehead atoms. The standard InChI is InChI=1S/C15H27NO3/c1-14(2)15(3,4)19-13(18)11-12(17)9-7-5-6-8-10-16-14/h16H,5-11H2,1-4H3. The Morgan fingerprint density at radius 1 is 1.00 bits per heavy atom. The van der Waals surface area contributed by atoms with Crippen LogP contribution in [0.2, 0.25) is 0 Å². The molecule has 0 atom stereocenters. The number of hydrogen-bond acceptors (Lipinski definition) is 4. The van der Waals surface area contributed by atoms with Crippen LogP contribution in [-0.4, -0.2) is 29.4 Å². The zero-order valence-electron chi connectivity index (χ0n) is 12.7. The van der Waals surface area contributed by atoms with Crippen molar-refractivity contribution >= 4 is 11.8 Å². The van der Waals surface area contributed by atoms with Crippen LogP contribution < -0.4 is 5.32 Å². The van der Waals surface area contributed by atoms with Crippen molar-refractivity contribution in [1.82, 2.24) is 5.32 Å². The van der Waals surface area contributed by atoms with Crippen molar-refractivity contribution in [3.05, 3.63) is 0 Å². The number of ether oxygens (including phenoxy) is 1. The van der Waals surface area contributed by atoms with Gasteiger partial charge in [0.2, 0.25) is 0 Å². The van der Waals surface area contributed by atoms with Crippen molar-refractivity contribution in [1.29, 1.82) is 0 Å². The highest BCUT2D eigenvalue weighted by Crippen LogP contribution is 2.26. The SMILES string of the molecule is CC1(C)NCCCCCCC(=O)CC(=O)OC1(C)C. The maximum absolute atomic E-state index is 11.8. The Kier molecular flexibility index (Phi) is 5.53. The molecule has 1 N–H and O–H groups in total. The van der Waals surface area contributed by atoms with Crippen molar-refractivity contribution in [3.8, 4) is 0 Å². The molecule has 0 radical (unpaired) electrons. The van der Waals surface area contributed by atoms with Crippen LogP contribution >= 0.6 is 0 Å². The number of hydrogen-bond donors (Lipinski definition) is 1. The van der Waals surface area contributed by atoms with E-state index in [-0.39, 0.29) is 17.7 Å². The fraction of sp³-hybridized carbons (Fsp3) is 0.867. The van der Waals surface area contributed by atoms with Crippen LogP contribution in [0, 0.1) is 0 Å². The van der Waals surface area contributed by atoms with E-state index in [1.165, 1.54) is 0 Å². The second-order valence-electron chi connectivity index (χ2n) is 6.42. The molecule has 1 saturated heterocycles. The number of nitrogens with one attached hydrogen (secondary N) is 1. The van der Waals surface area contributed by atoms with Gasteiger partial charge in [0.25, 0.3) is 0 Å². The Morgan fingerprint density at radius 2 is 1.63 bits per heavy atom. The molecule has 0 unspecified atom stereocenters. The van der Waals surface area contributed by atoms with E-state index in [0.717, 1.165) is 32.2 Å². The van der Waals surface area contributed by atoms with Gasteiger partial charge in [0.05, 0.1) is 5.54 Å². The number of ketones is 1. The van der Waals surface area contributed by atoms with Crippen molar-refractivity contribution in [2.75, 3.05) is 6.54 Å². The fourth-order valence-corrected chi connectivity index (χ4v) is 2.11. The maximum Gasteiger partial charge on any atom is 0.313 e. The smallest absolute Gasteiger partial charge is 0.313 e. The summed E-state index contributed by atoms with van der Waals surface area (Å²) in [5, 5.41) is 3.46. The first kappa shape index (κ1) is 16.2. The highest BCUT2D eigenvalue weighted by Gasteiger charge is 2.40. The summed E-state index contributed by atoms with van der Waals surface area (Å²) >= 11 is 0. The van der Waals surface area contributed by atoms with E-state index in [1.807, 2.05) is 27.7 Å². The van der Waals surface area contributed by atoms with Crippen LogP contribution in [-0.2, 0) is 14.3 Å². The van der Waals surface area contributed by atoms with Crippen LogP contribution in [0.3, 0.4) is 0 Å². The first-order chi connectivity index (χ1) is 8.74. The third kappa shape index (κ3) is 4.94. The third-order valence-corrected chi connectivity index (χ3v) is 4.16. The first-order valence-electron chi connectivity index (χ1n) is 7.23. The molecular formula is C15H27NO3. The molecule has 0 spiro atoms. The Labute approximate surface area is 116 Å². The average Bonchev–Trinajstić information content (AvgIpc) is 2.25. The predicted molar refractivity (Wildman–Crippen MR) is 75.0 cm³/mol. The minimum atomic E-state index is -0.640. The Bertz CT molecular complexity index is 334. The molecule has 4 heteroatoms. The Morgan fingerprint density at radius 3 is 2.32 bits per heavy atom. The lowest BCUT2D eigenvalue weighted by Gasteiger charge is -2.41. The zero-order valence-corrected chi connectivity index (χ0v) is 12.7. The second-order valence-corrected chi connectivity index (χ2v) is 6.42. The molecule has 0 aromatic rings. The number of cyclic esters (lactones) is 1. The molecule has 1 aliphatic heterocycles. The van der Waals surface area contributed by atoms with Crippen molar-refractivity contribution in [3.63, 3.8) is 0 Å². The molecule has 19 heavy (non-hydrogen) atoms. The topological polar surface area (TPSA) is 55.4 Å². The van der Waals surface area contributed by atoms with Gasteiger partial charge in [-0.3, -0.25) is 9.59 Å². The summed E-state index contributed by atoms with van der Waals surface area (Å²) in [6.45, 7) is 8.75. The molecule has 0 aromatic carbocycles. The van der Waals surface area contributed by atoms with Gasteiger partial charge < -0.3 is 10.1 Å². The average molecular weight is 269 g/mol. The van der Waals surface area contributed by atoms with Crippen molar-refractivity contribution < 1.29 is 14.3 Å². The van der Waals surface area contributed by atoms with E-state index in [9.17, 15) is 9.59 Å². The van der Waals surface area contributed by atoms with Gasteiger partial charge in [0, 0.05) is 6.42 Å². The van der Waals surface area contributed by atoms with Crippen LogP contribution in [0.4, 0.5) is 0 Å². The van der Waals surface area contributed by atoms with Gasteiger partial charge in [-0.15, -0.1) is 0 Å². The molecular weight excluding hydrogens is 242 g/mol. The Balaban J connectivity index is 2.76. The van der Waals surface area contributed by atoms with E-state index < -0.39 is 11.6 Å². The quantitative estimate of drug-likeness (QED) is 0.542. The first-order valence-corrected chi connectivity index (χ1v) is 7.23. The van der Waals surface area contributed by atoms with E-state index in [1.54, 1.807) is 0 Å². The lowest BCUT2D eigenvalue weighted by Crippen LogP contribution is -2.58. The van der Waals surface area contributed by atoms with Gasteiger partial charge in [-0.1, -0.05) is 12.8 Å². The van der Waals surface area contributed by atoms with E-state index in [2.05, 4.69) is 5.32 Å². The third-order valence-electron chi connectivity index (χ3n) is 4.16. The second kappa shape index (κ2) is 6.51. The zero-order chi connectivity index (χ0) is 14.5. The number of rotatable bonds is 0. The molecule has 4 nitrogen and oxygen atoms in total. The molecule has 1 fully saturated rings. The van der Waals surface area contributed by atoms with E-state index in [0.29, 0.717) is 6.42 Å². The van der Waals surface area contributed by atoms with Gasteiger partial charge in [-0.05, 0) is 47.1 Å². The maximum atomic E-state index is 11.8. The monoisotopic (exact) mass is 269 g/mol. The molecule has 1 aliphatic rings. The van der Waals surface area contributed by atoms with Crippen LogP contribution in [0.15, 0.2) is 0 Å². The molecule has 0 aromatic heterocycles. The fourth-order valence-electron chi connectivity index (χ4n) is 2.11. The molecule has 0 amide bonds. The Hall–Kier alpha value is -0.900. The molecule has 1 heterocycles. The van der Waals surface area contributed by atoms with Gasteiger partial charge >= 0.3 is 5.97 Å². The summed E-state index contributed by atoms with van der Waals surface area (Å²) in [4.78, 5) is 23.5. The molecule has 110 valence electrons. The summed E-state index contributed by atoms with van der Waals surface area (Å²) in [6.07, 6.45) is 4.52. The summed E-state index contributed by atoms with van der Waals surface area (Å²) in [5.74, 6) is -0.421. The largest absolute Gasteiger partial charge is 0.457 e. The van der Waals surface area contributed by atoms with Gasteiger partial charge in [0.1, 0.15) is 17.8 Å². The number of carbonyl (C=O) groups is 2. The summed E-state index contributed by atoms with van der Waals surface area (Å²) in [5.41, 5.74) is -0.960. The lowest BCUT2D eigenvalue weighted by molar-refractivity contribution is -0.164. The molecule has 0 saturated carbocycles. The number of carbonyl (C=O) groups excluding carboxylic acids is 2. The van der Waals surface area contributed by atoms with Gasteiger partial charge in [-0.25, -0.2) is 0 Å². The van der Waals surface area contributed by atoms with Crippen molar-refractivity contribution in [2.45, 2.75) is 77.4 Å². The van der Waals surface area contributed by atoms with Gasteiger partial charge in [0.15, 0.2) is 0 Å². The summed E-state index contributed by atoms with van der Waals surface area (Å²) in [6, 6.07) is 0. The van der Waals surface area contributed by atoms with Crippen LogP contribution in [0.1, 0.15) is 66.2 Å². The highest BCUT2D eigenvalue weighted by molar-refractivity contribution is 5.95. The minimum absolute atomic E-state index is 0.00851. The predicted octanol–water partition coefficient (Wildman–Crippen LogP) is 2.60. The highest BCUT2D eigenvalue weighted by atomic mass is 16.6. The van der Waals surface area contributed by atoms with Crippen LogP contribution in [0.25, 0.3) is 0 Å².